The first-order valence-corrected chi connectivity index (χ1v) is 9.83. The second-order valence-electron chi connectivity index (χ2n) is 5.41. The van der Waals surface area contributed by atoms with Crippen LogP contribution in [0.1, 0.15) is 24.1 Å². The standard InChI is InChI=1S/C17H19Cl2NO4S/c1-11(13-9-12(23-2)7-8-17(13)24-3)20-25(21,22)10-14-15(18)5-4-6-16(14)19/h4-9,11,20H,10H2,1-3H3/t11-/m0/s1. The maximum absolute atomic E-state index is 12.5. The third kappa shape index (κ3) is 5.01. The summed E-state index contributed by atoms with van der Waals surface area (Å²) in [6, 6.07) is 9.54. The fourth-order valence-corrected chi connectivity index (χ4v) is 4.54. The van der Waals surface area contributed by atoms with E-state index in [0.29, 0.717) is 32.7 Å². The van der Waals surface area contributed by atoms with Gasteiger partial charge in [-0.25, -0.2) is 13.1 Å². The molecule has 2 aromatic rings. The highest BCUT2D eigenvalue weighted by atomic mass is 35.5. The Bertz CT molecular complexity index is 835. The topological polar surface area (TPSA) is 64.6 Å². The van der Waals surface area contributed by atoms with Crippen molar-refractivity contribution in [3.63, 3.8) is 0 Å². The van der Waals surface area contributed by atoms with E-state index in [0.717, 1.165) is 0 Å². The largest absolute Gasteiger partial charge is 0.497 e. The highest BCUT2D eigenvalue weighted by molar-refractivity contribution is 7.88. The number of rotatable bonds is 7. The Balaban J connectivity index is 2.26. The first-order chi connectivity index (χ1) is 11.8. The average molecular weight is 404 g/mol. The van der Waals surface area contributed by atoms with Gasteiger partial charge >= 0.3 is 0 Å². The Morgan fingerprint density at radius 2 is 1.72 bits per heavy atom. The highest BCUT2D eigenvalue weighted by Crippen LogP contribution is 2.31. The number of hydrogen-bond donors (Lipinski definition) is 1. The van der Waals surface area contributed by atoms with E-state index in [1.54, 1.807) is 50.4 Å². The minimum atomic E-state index is -3.69. The fraction of sp³-hybridized carbons (Fsp3) is 0.294. The van der Waals surface area contributed by atoms with Gasteiger partial charge in [-0.2, -0.15) is 0 Å². The Morgan fingerprint density at radius 1 is 1.08 bits per heavy atom. The highest BCUT2D eigenvalue weighted by Gasteiger charge is 2.22. The number of benzene rings is 2. The lowest BCUT2D eigenvalue weighted by molar-refractivity contribution is 0.395. The Hall–Kier alpha value is -1.47. The summed E-state index contributed by atoms with van der Waals surface area (Å²) in [5.41, 5.74) is 1.03. The van der Waals surface area contributed by atoms with Gasteiger partial charge in [0, 0.05) is 27.2 Å². The monoisotopic (exact) mass is 403 g/mol. The zero-order chi connectivity index (χ0) is 18.6. The number of sulfonamides is 1. The first kappa shape index (κ1) is 19.8. The summed E-state index contributed by atoms with van der Waals surface area (Å²) in [6.45, 7) is 1.73. The molecule has 1 N–H and O–H groups in total. The first-order valence-electron chi connectivity index (χ1n) is 7.42. The van der Waals surface area contributed by atoms with E-state index < -0.39 is 16.1 Å². The van der Waals surface area contributed by atoms with Crippen molar-refractivity contribution in [3.05, 3.63) is 57.6 Å². The van der Waals surface area contributed by atoms with Crippen LogP contribution in [0.3, 0.4) is 0 Å². The summed E-state index contributed by atoms with van der Waals surface area (Å²) >= 11 is 12.1. The zero-order valence-electron chi connectivity index (χ0n) is 14.0. The van der Waals surface area contributed by atoms with Crippen LogP contribution in [0.4, 0.5) is 0 Å². The van der Waals surface area contributed by atoms with E-state index in [9.17, 15) is 8.42 Å². The van der Waals surface area contributed by atoms with Crippen LogP contribution in [-0.4, -0.2) is 22.6 Å². The van der Waals surface area contributed by atoms with Gasteiger partial charge in [0.2, 0.25) is 10.0 Å². The maximum Gasteiger partial charge on any atom is 0.216 e. The number of methoxy groups -OCH3 is 2. The van der Waals surface area contributed by atoms with Gasteiger partial charge in [0.1, 0.15) is 11.5 Å². The van der Waals surface area contributed by atoms with Gasteiger partial charge in [0.25, 0.3) is 0 Å². The van der Waals surface area contributed by atoms with Crippen molar-refractivity contribution < 1.29 is 17.9 Å². The van der Waals surface area contributed by atoms with Crippen LogP contribution in [0.15, 0.2) is 36.4 Å². The van der Waals surface area contributed by atoms with Gasteiger partial charge in [-0.1, -0.05) is 29.3 Å². The molecular weight excluding hydrogens is 385 g/mol. The van der Waals surface area contributed by atoms with E-state index in [1.165, 1.54) is 7.11 Å². The van der Waals surface area contributed by atoms with Gasteiger partial charge in [-0.15, -0.1) is 0 Å². The second kappa shape index (κ2) is 8.27. The molecule has 0 spiro atoms. The quantitative estimate of drug-likeness (QED) is 0.752. The molecule has 0 fully saturated rings. The summed E-state index contributed by atoms with van der Waals surface area (Å²) < 4.78 is 38.2. The molecule has 0 aliphatic heterocycles. The molecule has 0 saturated carbocycles. The molecule has 136 valence electrons. The number of ether oxygens (including phenoxy) is 2. The Kier molecular flexibility index (Phi) is 6.57. The van der Waals surface area contributed by atoms with Crippen molar-refractivity contribution in [1.29, 1.82) is 0 Å². The van der Waals surface area contributed by atoms with Crippen molar-refractivity contribution in [1.82, 2.24) is 4.72 Å². The van der Waals surface area contributed by atoms with E-state index >= 15 is 0 Å². The van der Waals surface area contributed by atoms with Crippen molar-refractivity contribution in [2.75, 3.05) is 14.2 Å². The number of hydrogen-bond acceptors (Lipinski definition) is 4. The molecule has 0 amide bonds. The van der Waals surface area contributed by atoms with E-state index in [2.05, 4.69) is 4.72 Å². The Labute approximate surface area is 157 Å². The summed E-state index contributed by atoms with van der Waals surface area (Å²) in [6.07, 6.45) is 0. The minimum absolute atomic E-state index is 0.310. The van der Waals surface area contributed by atoms with Crippen LogP contribution >= 0.6 is 23.2 Å². The van der Waals surface area contributed by atoms with E-state index in [1.807, 2.05) is 0 Å². The molecule has 0 saturated heterocycles. The van der Waals surface area contributed by atoms with Gasteiger partial charge < -0.3 is 9.47 Å². The Morgan fingerprint density at radius 3 is 2.28 bits per heavy atom. The lowest BCUT2D eigenvalue weighted by Gasteiger charge is -2.19. The van der Waals surface area contributed by atoms with Crippen molar-refractivity contribution in [3.8, 4) is 11.5 Å². The number of halogens is 2. The van der Waals surface area contributed by atoms with Crippen molar-refractivity contribution >= 4 is 33.2 Å². The van der Waals surface area contributed by atoms with Crippen LogP contribution in [-0.2, 0) is 15.8 Å². The van der Waals surface area contributed by atoms with Crippen molar-refractivity contribution in [2.45, 2.75) is 18.7 Å². The van der Waals surface area contributed by atoms with E-state index in [4.69, 9.17) is 32.7 Å². The summed E-state index contributed by atoms with van der Waals surface area (Å²) in [7, 11) is -0.621. The van der Waals surface area contributed by atoms with Crippen LogP contribution in [0.5, 0.6) is 11.5 Å². The summed E-state index contributed by atoms with van der Waals surface area (Å²) in [5, 5.41) is 0.619. The van der Waals surface area contributed by atoms with Gasteiger partial charge in [0.15, 0.2) is 0 Å². The lowest BCUT2D eigenvalue weighted by Crippen LogP contribution is -2.28. The van der Waals surface area contributed by atoms with E-state index in [-0.39, 0.29) is 5.75 Å². The van der Waals surface area contributed by atoms with Gasteiger partial charge in [-0.3, -0.25) is 0 Å². The molecule has 25 heavy (non-hydrogen) atoms. The summed E-state index contributed by atoms with van der Waals surface area (Å²) in [4.78, 5) is 0. The maximum atomic E-state index is 12.5. The molecule has 1 atom stereocenters. The smallest absolute Gasteiger partial charge is 0.216 e. The summed E-state index contributed by atoms with van der Waals surface area (Å²) in [5.74, 6) is 0.852. The molecule has 0 radical (unpaired) electrons. The van der Waals surface area contributed by atoms with Crippen LogP contribution in [0.2, 0.25) is 10.0 Å². The molecule has 0 aliphatic rings. The molecule has 2 aromatic carbocycles. The zero-order valence-corrected chi connectivity index (χ0v) is 16.4. The molecule has 0 unspecified atom stereocenters. The van der Waals surface area contributed by atoms with Crippen LogP contribution in [0.25, 0.3) is 0 Å². The fourth-order valence-electron chi connectivity index (χ4n) is 2.41. The van der Waals surface area contributed by atoms with Crippen molar-refractivity contribution in [2.24, 2.45) is 0 Å². The molecule has 8 heteroatoms. The normalized spacial score (nSPS) is 12.7. The lowest BCUT2D eigenvalue weighted by atomic mass is 10.1. The molecule has 0 bridgehead atoms. The van der Waals surface area contributed by atoms with Crippen LogP contribution < -0.4 is 14.2 Å². The minimum Gasteiger partial charge on any atom is -0.497 e. The third-order valence-corrected chi connectivity index (χ3v) is 5.75. The molecule has 5 nitrogen and oxygen atoms in total. The van der Waals surface area contributed by atoms with Gasteiger partial charge in [-0.05, 0) is 37.3 Å². The predicted molar refractivity (Wildman–Crippen MR) is 100 cm³/mol. The molecule has 0 heterocycles. The molecule has 2 rings (SSSR count). The average Bonchev–Trinajstić information content (AvgIpc) is 2.57. The molecular formula is C17H19Cl2NO4S. The van der Waals surface area contributed by atoms with Crippen LogP contribution in [0, 0.1) is 0 Å². The van der Waals surface area contributed by atoms with Gasteiger partial charge in [0.05, 0.1) is 20.0 Å². The molecule has 0 aliphatic carbocycles. The predicted octanol–water partition coefficient (Wildman–Crippen LogP) is 4.19. The SMILES string of the molecule is COc1ccc(OC)c([C@H](C)NS(=O)(=O)Cc2c(Cl)cccc2Cl)c1. The second-order valence-corrected chi connectivity index (χ2v) is 7.97. The third-order valence-electron chi connectivity index (χ3n) is 3.66. The number of nitrogens with one attached hydrogen (secondary N) is 1. The molecule has 0 aromatic heterocycles.